The Morgan fingerprint density at radius 1 is 1.21 bits per heavy atom. The predicted molar refractivity (Wildman–Crippen MR) is 108 cm³/mol. The summed E-state index contributed by atoms with van der Waals surface area (Å²) in [4.78, 5) is 11.2. The maximum absolute atomic E-state index is 15.1. The third kappa shape index (κ3) is 3.71. The second kappa shape index (κ2) is 7.12. The quantitative estimate of drug-likeness (QED) is 0.700. The third-order valence-electron chi connectivity index (χ3n) is 5.36. The van der Waals surface area contributed by atoms with Crippen LogP contribution in [0.2, 0.25) is 0 Å². The molecule has 1 aliphatic rings. The lowest BCUT2D eigenvalue weighted by Gasteiger charge is -2.27. The van der Waals surface area contributed by atoms with Gasteiger partial charge in [0, 0.05) is 5.56 Å². The third-order valence-corrected chi connectivity index (χ3v) is 5.36. The van der Waals surface area contributed by atoms with Crippen LogP contribution in [-0.2, 0) is 6.42 Å². The summed E-state index contributed by atoms with van der Waals surface area (Å²) in [5.41, 5.74) is 4.67. The first-order valence-corrected chi connectivity index (χ1v) is 9.59. The van der Waals surface area contributed by atoms with E-state index in [4.69, 9.17) is 9.84 Å². The fraction of sp³-hybridized carbons (Fsp3) is 0.435. The van der Waals surface area contributed by atoms with Crippen LogP contribution in [0.4, 0.5) is 9.18 Å². The van der Waals surface area contributed by atoms with E-state index in [9.17, 15) is 4.79 Å². The van der Waals surface area contributed by atoms with E-state index in [0.29, 0.717) is 12.0 Å². The zero-order chi connectivity index (χ0) is 20.8. The molecule has 3 rings (SSSR count). The summed E-state index contributed by atoms with van der Waals surface area (Å²) >= 11 is 0. The summed E-state index contributed by atoms with van der Waals surface area (Å²) in [6.07, 6.45) is -0.337. The molecule has 28 heavy (non-hydrogen) atoms. The first-order valence-electron chi connectivity index (χ1n) is 9.59. The summed E-state index contributed by atoms with van der Waals surface area (Å²) < 4.78 is 21.0. The van der Waals surface area contributed by atoms with Gasteiger partial charge >= 0.3 is 6.09 Å². The predicted octanol–water partition coefficient (Wildman–Crippen LogP) is 5.79. The first-order chi connectivity index (χ1) is 13.0. The lowest BCUT2D eigenvalue weighted by Crippen LogP contribution is -2.34. The molecule has 0 heterocycles. The highest BCUT2D eigenvalue weighted by Crippen LogP contribution is 2.47. The fourth-order valence-corrected chi connectivity index (χ4v) is 4.21. The molecule has 2 N–H and O–H groups in total. The zero-order valence-electron chi connectivity index (χ0n) is 17.3. The molecule has 150 valence electrons. The van der Waals surface area contributed by atoms with E-state index in [1.54, 1.807) is 0 Å². The second-order valence-corrected chi connectivity index (χ2v) is 8.68. The topological polar surface area (TPSA) is 58.6 Å². The minimum atomic E-state index is -1.09. The largest absolute Gasteiger partial charge is 0.490 e. The summed E-state index contributed by atoms with van der Waals surface area (Å²) in [5, 5.41) is 11.7. The fourth-order valence-electron chi connectivity index (χ4n) is 4.21. The van der Waals surface area contributed by atoms with Gasteiger partial charge in [0.05, 0.1) is 12.1 Å². The van der Waals surface area contributed by atoms with Crippen LogP contribution < -0.4 is 10.1 Å². The number of ether oxygens (including phenoxy) is 1. The number of nitrogens with one attached hydrogen (secondary N) is 1. The second-order valence-electron chi connectivity index (χ2n) is 8.68. The van der Waals surface area contributed by atoms with E-state index in [1.165, 1.54) is 6.07 Å². The van der Waals surface area contributed by atoms with Gasteiger partial charge in [-0.1, -0.05) is 13.8 Å². The molecule has 0 spiro atoms. The molecule has 1 aliphatic carbocycles. The summed E-state index contributed by atoms with van der Waals surface area (Å²) in [6, 6.07) is 6.83. The van der Waals surface area contributed by atoms with Crippen LogP contribution in [0.25, 0.3) is 11.1 Å². The molecule has 0 unspecified atom stereocenters. The first kappa shape index (κ1) is 20.2. The van der Waals surface area contributed by atoms with Crippen molar-refractivity contribution < 1.29 is 19.0 Å². The summed E-state index contributed by atoms with van der Waals surface area (Å²) in [5.74, 6) is 0.497. The normalized spacial score (nSPS) is 17.5. The van der Waals surface area contributed by atoms with Gasteiger partial charge in [-0.25, -0.2) is 9.18 Å². The highest BCUT2D eigenvalue weighted by Gasteiger charge is 2.40. The van der Waals surface area contributed by atoms with E-state index >= 15 is 4.39 Å². The maximum Gasteiger partial charge on any atom is 0.405 e. The number of carboxylic acid groups (broad SMARTS) is 1. The molecule has 1 atom stereocenters. The van der Waals surface area contributed by atoms with Crippen molar-refractivity contribution in [1.82, 2.24) is 5.32 Å². The van der Waals surface area contributed by atoms with Crippen molar-refractivity contribution >= 4 is 6.09 Å². The molecule has 0 saturated carbocycles. The van der Waals surface area contributed by atoms with Crippen molar-refractivity contribution in [2.45, 2.75) is 60.1 Å². The van der Waals surface area contributed by atoms with Crippen molar-refractivity contribution in [3.63, 3.8) is 0 Å². The molecule has 0 bridgehead atoms. The number of halogens is 1. The number of aryl methyl sites for hydroxylation is 2. The van der Waals surface area contributed by atoms with Crippen molar-refractivity contribution in [3.8, 4) is 16.9 Å². The van der Waals surface area contributed by atoms with Gasteiger partial charge in [0.1, 0.15) is 11.6 Å². The highest BCUT2D eigenvalue weighted by atomic mass is 19.1. The Bertz CT molecular complexity index is 911. The van der Waals surface area contributed by atoms with E-state index in [-0.39, 0.29) is 17.3 Å². The van der Waals surface area contributed by atoms with Crippen LogP contribution in [0.5, 0.6) is 5.75 Å². The van der Waals surface area contributed by atoms with Gasteiger partial charge in [0.15, 0.2) is 0 Å². The molecule has 0 saturated heterocycles. The molecule has 0 radical (unpaired) electrons. The Morgan fingerprint density at radius 3 is 2.36 bits per heavy atom. The van der Waals surface area contributed by atoms with Crippen molar-refractivity contribution in [2.75, 3.05) is 0 Å². The van der Waals surface area contributed by atoms with E-state index in [2.05, 4.69) is 5.32 Å². The molecular weight excluding hydrogens is 357 g/mol. The van der Waals surface area contributed by atoms with Crippen LogP contribution in [0.1, 0.15) is 56.0 Å². The van der Waals surface area contributed by atoms with E-state index in [1.807, 2.05) is 59.7 Å². The van der Waals surface area contributed by atoms with Gasteiger partial charge in [-0.2, -0.15) is 0 Å². The van der Waals surface area contributed by atoms with Gasteiger partial charge < -0.3 is 15.2 Å². The molecule has 0 aliphatic heterocycles. The Morgan fingerprint density at radius 2 is 1.82 bits per heavy atom. The number of benzene rings is 2. The average Bonchev–Trinajstić information content (AvgIpc) is 2.79. The van der Waals surface area contributed by atoms with E-state index < -0.39 is 12.1 Å². The van der Waals surface area contributed by atoms with Gasteiger partial charge in [-0.3, -0.25) is 0 Å². The zero-order valence-corrected chi connectivity index (χ0v) is 17.3. The molecular formula is C23H28FNO3. The standard InChI is InChI=1S/C23H28FNO3/c1-12(2)28-20-13(3)7-15(8-14(20)4)17-9-16-11-23(5,6)21(25-22(26)27)18(16)10-19(17)24/h7-10,12,21,25H,11H2,1-6H3,(H,26,27)/t21-/m0/s1. The van der Waals surface area contributed by atoms with Gasteiger partial charge in [0.2, 0.25) is 0 Å². The monoisotopic (exact) mass is 385 g/mol. The number of fused-ring (bicyclic) bond motifs is 1. The van der Waals surface area contributed by atoms with Gasteiger partial charge in [-0.15, -0.1) is 0 Å². The Kier molecular flexibility index (Phi) is 5.13. The van der Waals surface area contributed by atoms with Gasteiger partial charge in [-0.05, 0) is 91.6 Å². The van der Waals surface area contributed by atoms with Crippen LogP contribution in [0.15, 0.2) is 24.3 Å². The van der Waals surface area contributed by atoms with Gasteiger partial charge in [0.25, 0.3) is 0 Å². The van der Waals surface area contributed by atoms with E-state index in [0.717, 1.165) is 33.6 Å². The van der Waals surface area contributed by atoms with Crippen molar-refractivity contribution in [1.29, 1.82) is 0 Å². The van der Waals surface area contributed by atoms with Crippen LogP contribution in [0.3, 0.4) is 0 Å². The lowest BCUT2D eigenvalue weighted by molar-refractivity contribution is 0.175. The van der Waals surface area contributed by atoms with Crippen LogP contribution in [-0.4, -0.2) is 17.3 Å². The molecule has 0 fully saturated rings. The minimum absolute atomic E-state index is 0.0703. The Balaban J connectivity index is 2.06. The average molecular weight is 385 g/mol. The number of amides is 1. The molecule has 1 amide bonds. The summed E-state index contributed by atoms with van der Waals surface area (Å²) in [7, 11) is 0. The van der Waals surface area contributed by atoms with Crippen molar-refractivity contribution in [2.24, 2.45) is 5.41 Å². The Labute approximate surface area is 165 Å². The SMILES string of the molecule is Cc1cc(-c2cc3c(cc2F)[C@H](NC(=O)O)C(C)(C)C3)cc(C)c1OC(C)C. The minimum Gasteiger partial charge on any atom is -0.490 e. The number of rotatable bonds is 4. The van der Waals surface area contributed by atoms with Crippen LogP contribution in [0, 0.1) is 25.1 Å². The number of hydrogen-bond donors (Lipinski definition) is 2. The molecule has 2 aromatic rings. The molecule has 0 aromatic heterocycles. The smallest absolute Gasteiger partial charge is 0.405 e. The maximum atomic E-state index is 15.1. The lowest BCUT2D eigenvalue weighted by atomic mass is 9.85. The molecule has 5 heteroatoms. The molecule has 2 aromatic carbocycles. The van der Waals surface area contributed by atoms with Crippen molar-refractivity contribution in [3.05, 3.63) is 52.3 Å². The highest BCUT2D eigenvalue weighted by molar-refractivity contribution is 5.71. The number of hydrogen-bond acceptors (Lipinski definition) is 2. The van der Waals surface area contributed by atoms with Crippen LogP contribution >= 0.6 is 0 Å². The molecule has 4 nitrogen and oxygen atoms in total. The Hall–Kier alpha value is -2.56. The summed E-state index contributed by atoms with van der Waals surface area (Å²) in [6.45, 7) is 11.9. The number of carbonyl (C=O) groups is 1.